The first kappa shape index (κ1) is 27.5. The van der Waals surface area contributed by atoms with E-state index in [1.807, 2.05) is 0 Å². The second-order valence-corrected chi connectivity index (χ2v) is 12.5. The van der Waals surface area contributed by atoms with Gasteiger partial charge in [-0.05, 0) is 11.8 Å². The van der Waals surface area contributed by atoms with Crippen LogP contribution in [-0.2, 0) is 30.3 Å². The van der Waals surface area contributed by atoms with Crippen molar-refractivity contribution in [2.75, 3.05) is 18.1 Å². The fourth-order valence-electron chi connectivity index (χ4n) is 5.09. The summed E-state index contributed by atoms with van der Waals surface area (Å²) in [6.07, 6.45) is -10.5. The topological polar surface area (TPSA) is 270 Å². The van der Waals surface area contributed by atoms with Crippen LogP contribution in [0.25, 0.3) is 22.3 Å². The predicted molar refractivity (Wildman–Crippen MR) is 136 cm³/mol. The van der Waals surface area contributed by atoms with Gasteiger partial charge in [0.15, 0.2) is 53.0 Å². The summed E-state index contributed by atoms with van der Waals surface area (Å²) in [5.41, 5.74) is 8.00. The van der Waals surface area contributed by atoms with Crippen LogP contribution < -0.4 is 17.0 Å². The molecule has 0 aromatic carbocycles. The van der Waals surface area contributed by atoms with Gasteiger partial charge in [-0.25, -0.2) is 23.7 Å². The van der Waals surface area contributed by atoms with Crippen LogP contribution in [0.4, 0.5) is 20.5 Å². The normalized spacial score (nSPS) is 35.5. The van der Waals surface area contributed by atoms with Gasteiger partial charge in [0.1, 0.15) is 36.3 Å². The summed E-state index contributed by atoms with van der Waals surface area (Å²) in [5.74, 6) is -0.236. The zero-order valence-electron chi connectivity index (χ0n) is 20.7. The maximum Gasteiger partial charge on any atom is 0.325 e. The summed E-state index contributed by atoms with van der Waals surface area (Å²) < 4.78 is 54.8. The molecule has 2 aliphatic heterocycles. The molecule has 0 radical (unpaired) electrons. The Balaban J connectivity index is 1.09. The molecule has 4 aromatic heterocycles. The molecule has 0 amide bonds. The van der Waals surface area contributed by atoms with Crippen molar-refractivity contribution in [1.82, 2.24) is 44.5 Å². The number of rotatable bonds is 7. The Morgan fingerprint density at radius 2 is 1.98 bits per heavy atom. The maximum atomic E-state index is 15.7. The average Bonchev–Trinajstić information content (AvgIpc) is 3.47. The molecule has 224 valence electrons. The number of aliphatic hydroxyl groups excluding tert-OH is 2. The molecule has 23 heteroatoms. The van der Waals surface area contributed by atoms with Gasteiger partial charge in [0, 0.05) is 0 Å². The average molecular weight is 631 g/mol. The van der Waals surface area contributed by atoms with Gasteiger partial charge in [0.2, 0.25) is 5.95 Å². The molecule has 4 aromatic rings. The molecule has 6 heterocycles. The number of alkyl halides is 2. The largest absolute Gasteiger partial charge is 0.387 e. The molecule has 1 aliphatic carbocycles. The van der Waals surface area contributed by atoms with Crippen LogP contribution in [0.2, 0.25) is 0 Å². The smallest absolute Gasteiger partial charge is 0.325 e. The van der Waals surface area contributed by atoms with Gasteiger partial charge in [-0.1, -0.05) is 5.21 Å². The monoisotopic (exact) mass is 631 g/mol. The van der Waals surface area contributed by atoms with Crippen LogP contribution in [0.1, 0.15) is 12.5 Å². The number of hydrogen-bond donors (Lipinski definition) is 6. The fourth-order valence-corrected chi connectivity index (χ4v) is 6.50. The van der Waals surface area contributed by atoms with E-state index in [1.165, 1.54) is 10.9 Å². The van der Waals surface area contributed by atoms with Crippen LogP contribution in [0.5, 0.6) is 0 Å². The minimum atomic E-state index is -4.41. The summed E-state index contributed by atoms with van der Waals surface area (Å²) in [5, 5.41) is 28.0. The molecule has 2 unspecified atom stereocenters. The van der Waals surface area contributed by atoms with Crippen LogP contribution in [0, 0.1) is 0 Å². The highest BCUT2D eigenvalue weighted by molar-refractivity contribution is 8.07. The Hall–Kier alpha value is -3.34. The minimum Gasteiger partial charge on any atom is -0.387 e. The van der Waals surface area contributed by atoms with E-state index in [9.17, 15) is 19.9 Å². The van der Waals surface area contributed by atoms with Crippen molar-refractivity contribution in [3.05, 3.63) is 23.0 Å². The van der Waals surface area contributed by atoms with Crippen molar-refractivity contribution in [3.8, 4) is 0 Å². The van der Waals surface area contributed by atoms with Gasteiger partial charge >= 0.3 is 6.72 Å². The zero-order valence-corrected chi connectivity index (χ0v) is 22.4. The highest BCUT2D eigenvalue weighted by atomic mass is 32.5. The van der Waals surface area contributed by atoms with Crippen molar-refractivity contribution in [2.45, 2.75) is 54.8 Å². The summed E-state index contributed by atoms with van der Waals surface area (Å²) in [7, 11) is 0. The molecule has 19 nitrogen and oxygen atoms in total. The molecule has 1 saturated carbocycles. The van der Waals surface area contributed by atoms with E-state index in [2.05, 4.69) is 35.2 Å². The third kappa shape index (κ3) is 4.02. The zero-order chi connectivity index (χ0) is 29.7. The van der Waals surface area contributed by atoms with E-state index in [4.69, 9.17) is 41.8 Å². The predicted octanol–water partition coefficient (Wildman–Crippen LogP) is -2.29. The number of hydrogen-bond acceptors (Lipinski definition) is 16. The first-order chi connectivity index (χ1) is 19.9. The number of imidazole rings is 1. The lowest BCUT2D eigenvalue weighted by Crippen LogP contribution is -2.37. The third-order valence-electron chi connectivity index (χ3n) is 7.25. The fraction of sp³-hybridized carbons (Fsp3) is 0.526. The van der Waals surface area contributed by atoms with E-state index in [0.29, 0.717) is 0 Å². The van der Waals surface area contributed by atoms with E-state index in [1.54, 1.807) is 0 Å². The van der Waals surface area contributed by atoms with E-state index in [0.717, 1.165) is 11.0 Å². The van der Waals surface area contributed by atoms with Gasteiger partial charge in [0.05, 0.1) is 12.9 Å². The van der Waals surface area contributed by atoms with Crippen molar-refractivity contribution >= 4 is 52.6 Å². The Bertz CT molecular complexity index is 1830. The number of aromatic amines is 1. The van der Waals surface area contributed by atoms with Crippen LogP contribution in [0.15, 0.2) is 17.4 Å². The number of ether oxygens (including phenoxy) is 2. The number of anilines is 2. The molecule has 3 fully saturated rings. The van der Waals surface area contributed by atoms with Crippen molar-refractivity contribution in [3.63, 3.8) is 0 Å². The lowest BCUT2D eigenvalue weighted by molar-refractivity contribution is -0.0845. The molecule has 7 rings (SSSR count). The van der Waals surface area contributed by atoms with Crippen molar-refractivity contribution in [2.24, 2.45) is 0 Å². The first-order valence-electron chi connectivity index (χ1n) is 12.1. The standard InChI is InChI=1S/C19H20F2N11O8PS/c20-5-8(33)4(38-16(5)31-3-26-6-12(22)24-2-25-13(6)31)1-37-41(36,42)40-11-17(39-10-9(34)19(10,11)21)32-14-7(29-30-32)15(35)28-18(23)27-14/h2-5,8-11,16-17,33-34H,1H2,(H,36,42)(H2,22,24,25)(H3,23,27,28,35)/t4-,5+,8-,9?,10-,11+,16-,17-,19+,41?/m1/s1. The van der Waals surface area contributed by atoms with Crippen LogP contribution in [0.3, 0.4) is 0 Å². The number of nitrogens with zero attached hydrogens (tertiary/aromatic N) is 8. The SMILES string of the molecule is Nc1nc2c(nnn2[C@@H]2O[C@@H]3C(O)[C@@]3(F)[C@H]2OP(O)(=S)OC[C@H]2O[C@@H](n3cnc4c(N)ncnc43)[C@@H](F)[C@@H]2O)c(=O)[nH]1. The quantitative estimate of drug-likeness (QED) is 0.117. The Morgan fingerprint density at radius 1 is 1.19 bits per heavy atom. The molecule has 3 aliphatic rings. The molecule has 2 saturated heterocycles. The molecular weight excluding hydrogens is 611 g/mol. The summed E-state index contributed by atoms with van der Waals surface area (Å²) in [4.78, 5) is 41.0. The third-order valence-corrected chi connectivity index (χ3v) is 8.79. The van der Waals surface area contributed by atoms with Crippen LogP contribution in [-0.4, -0.2) is 109 Å². The molecule has 42 heavy (non-hydrogen) atoms. The summed E-state index contributed by atoms with van der Waals surface area (Å²) in [6, 6.07) is 0. The van der Waals surface area contributed by atoms with E-state index >= 15 is 8.78 Å². The highest BCUT2D eigenvalue weighted by Crippen LogP contribution is 2.62. The number of aliphatic hydroxyl groups is 2. The molecule has 0 spiro atoms. The number of H-pyrrole nitrogens is 1. The Labute approximate surface area is 235 Å². The first-order valence-corrected chi connectivity index (χ1v) is 14.7. The van der Waals surface area contributed by atoms with Gasteiger partial charge in [-0.15, -0.1) is 5.10 Å². The lowest BCUT2D eigenvalue weighted by atomic mass is 10.1. The van der Waals surface area contributed by atoms with Crippen molar-refractivity contribution in [1.29, 1.82) is 0 Å². The van der Waals surface area contributed by atoms with Crippen molar-refractivity contribution < 1.29 is 42.4 Å². The number of fused-ring (bicyclic) bond motifs is 3. The Kier molecular flexibility index (Phi) is 6.11. The highest BCUT2D eigenvalue weighted by Gasteiger charge is 2.80. The minimum absolute atomic E-state index is 0.0542. The van der Waals surface area contributed by atoms with Gasteiger partial charge in [0.25, 0.3) is 5.56 Å². The number of halogens is 2. The molecule has 8 N–H and O–H groups in total. The van der Waals surface area contributed by atoms with Gasteiger partial charge in [-0.3, -0.25) is 18.9 Å². The molecular formula is C19H20F2N11O8PS. The molecule has 0 bridgehead atoms. The number of nitrogens with two attached hydrogens (primary N) is 2. The second kappa shape index (κ2) is 9.33. The van der Waals surface area contributed by atoms with Gasteiger partial charge < -0.3 is 40.6 Å². The number of nitrogen functional groups attached to an aromatic ring is 2. The van der Waals surface area contributed by atoms with Crippen LogP contribution >= 0.6 is 6.72 Å². The summed E-state index contributed by atoms with van der Waals surface area (Å²) >= 11 is 5.05. The van der Waals surface area contributed by atoms with E-state index in [-0.39, 0.29) is 34.1 Å². The number of aromatic nitrogens is 9. The Morgan fingerprint density at radius 3 is 2.76 bits per heavy atom. The lowest BCUT2D eigenvalue weighted by Gasteiger charge is -2.28. The van der Waals surface area contributed by atoms with Gasteiger partial charge in [-0.2, -0.15) is 9.67 Å². The van der Waals surface area contributed by atoms with E-state index < -0.39 is 73.7 Å². The summed E-state index contributed by atoms with van der Waals surface area (Å²) in [6.45, 7) is -5.09. The maximum absolute atomic E-state index is 15.7. The number of nitrogens with one attached hydrogen (secondary N) is 1. The molecule has 10 atom stereocenters. The second-order valence-electron chi connectivity index (χ2n) is 9.75.